The maximum absolute atomic E-state index is 12.5. The van der Waals surface area contributed by atoms with Gasteiger partial charge in [0.2, 0.25) is 0 Å². The van der Waals surface area contributed by atoms with Crippen molar-refractivity contribution in [3.63, 3.8) is 0 Å². The number of nitrogens with zero attached hydrogens (tertiary/aromatic N) is 1. The Hall–Kier alpha value is -1.10. The molecule has 1 aliphatic rings. The van der Waals surface area contributed by atoms with Crippen LogP contribution in [0.4, 0.5) is 4.79 Å². The molecule has 0 spiro atoms. The molecule has 3 amide bonds. The second-order valence-electron chi connectivity index (χ2n) is 6.03. The molecule has 19 heavy (non-hydrogen) atoms. The van der Waals surface area contributed by atoms with Crippen molar-refractivity contribution < 1.29 is 14.7 Å². The first-order valence-corrected chi connectivity index (χ1v) is 7.12. The molecular weight excluding hydrogens is 244 g/mol. The number of urea groups is 1. The summed E-state index contributed by atoms with van der Waals surface area (Å²) in [7, 11) is 0. The van der Waals surface area contributed by atoms with E-state index >= 15 is 0 Å². The Kier molecular flexibility index (Phi) is 4.96. The van der Waals surface area contributed by atoms with Crippen molar-refractivity contribution in [2.45, 2.75) is 70.9 Å². The molecular formula is C14H26N2O3. The van der Waals surface area contributed by atoms with Crippen molar-refractivity contribution in [3.05, 3.63) is 0 Å². The molecule has 0 aromatic rings. The van der Waals surface area contributed by atoms with Crippen molar-refractivity contribution in [2.75, 3.05) is 6.54 Å². The van der Waals surface area contributed by atoms with E-state index in [1.54, 1.807) is 13.8 Å². The van der Waals surface area contributed by atoms with Gasteiger partial charge in [0.1, 0.15) is 5.54 Å². The lowest BCUT2D eigenvalue weighted by Gasteiger charge is -2.26. The topological polar surface area (TPSA) is 69.6 Å². The summed E-state index contributed by atoms with van der Waals surface area (Å²) in [6, 6.07) is -0.323. The van der Waals surface area contributed by atoms with Gasteiger partial charge in [-0.2, -0.15) is 0 Å². The highest BCUT2D eigenvalue weighted by Crippen LogP contribution is 2.28. The van der Waals surface area contributed by atoms with E-state index in [4.69, 9.17) is 0 Å². The van der Waals surface area contributed by atoms with Gasteiger partial charge in [-0.1, -0.05) is 26.7 Å². The number of nitrogens with one attached hydrogen (secondary N) is 1. The lowest BCUT2D eigenvalue weighted by atomic mass is 9.88. The summed E-state index contributed by atoms with van der Waals surface area (Å²) in [5.74, 6) is -0.134. The number of carbonyl (C=O) groups excluding carboxylic acids is 2. The third kappa shape index (κ3) is 3.69. The molecule has 0 radical (unpaired) electrons. The molecule has 1 aliphatic heterocycles. The summed E-state index contributed by atoms with van der Waals surface area (Å²) in [5, 5.41) is 12.6. The van der Waals surface area contributed by atoms with Crippen LogP contribution in [0.1, 0.15) is 59.8 Å². The van der Waals surface area contributed by atoms with Crippen LogP contribution in [-0.2, 0) is 4.79 Å². The minimum Gasteiger partial charge on any atom is -0.390 e. The highest BCUT2D eigenvalue weighted by Gasteiger charge is 2.49. The highest BCUT2D eigenvalue weighted by molar-refractivity contribution is 6.07. The molecule has 0 unspecified atom stereocenters. The predicted molar refractivity (Wildman–Crippen MR) is 73.7 cm³/mol. The van der Waals surface area contributed by atoms with E-state index in [0.29, 0.717) is 19.3 Å². The fraction of sp³-hybridized carbons (Fsp3) is 0.857. The number of rotatable bonds is 7. The van der Waals surface area contributed by atoms with Crippen LogP contribution in [0.2, 0.25) is 0 Å². The summed E-state index contributed by atoms with van der Waals surface area (Å²) in [5.41, 5.74) is -1.60. The van der Waals surface area contributed by atoms with Crippen molar-refractivity contribution in [3.8, 4) is 0 Å². The standard InChI is InChI=1S/C14H26N2O3/c1-5-7-14(8-6-2)11(17)16(12(18)15-14)10-9-13(3,4)19/h19H,5-10H2,1-4H3,(H,15,18). The quantitative estimate of drug-likeness (QED) is 0.695. The molecule has 0 aromatic carbocycles. The van der Waals surface area contributed by atoms with Crippen LogP contribution >= 0.6 is 0 Å². The van der Waals surface area contributed by atoms with Crippen LogP contribution < -0.4 is 5.32 Å². The van der Waals surface area contributed by atoms with E-state index in [1.807, 2.05) is 13.8 Å². The molecule has 1 fully saturated rings. The minimum absolute atomic E-state index is 0.134. The summed E-state index contributed by atoms with van der Waals surface area (Å²) < 4.78 is 0. The van der Waals surface area contributed by atoms with Crippen LogP contribution in [0, 0.1) is 0 Å². The second-order valence-corrected chi connectivity index (χ2v) is 6.03. The fourth-order valence-corrected chi connectivity index (χ4v) is 2.58. The largest absolute Gasteiger partial charge is 0.390 e. The maximum atomic E-state index is 12.5. The van der Waals surface area contributed by atoms with Crippen LogP contribution in [0.15, 0.2) is 0 Å². The summed E-state index contributed by atoms with van der Waals surface area (Å²) >= 11 is 0. The molecule has 110 valence electrons. The van der Waals surface area contributed by atoms with Gasteiger partial charge < -0.3 is 10.4 Å². The van der Waals surface area contributed by atoms with E-state index in [2.05, 4.69) is 5.32 Å². The number of aliphatic hydroxyl groups is 1. The SMILES string of the molecule is CCCC1(CCC)NC(=O)N(CCC(C)(C)O)C1=O. The van der Waals surface area contributed by atoms with Gasteiger partial charge >= 0.3 is 6.03 Å². The third-order valence-electron chi connectivity index (χ3n) is 3.55. The molecule has 0 aliphatic carbocycles. The van der Waals surface area contributed by atoms with Crippen LogP contribution in [0.5, 0.6) is 0 Å². The molecule has 2 N–H and O–H groups in total. The first-order valence-electron chi connectivity index (χ1n) is 7.12. The maximum Gasteiger partial charge on any atom is 0.325 e. The highest BCUT2D eigenvalue weighted by atomic mass is 16.3. The normalized spacial score (nSPS) is 18.9. The van der Waals surface area contributed by atoms with Crippen molar-refractivity contribution in [1.82, 2.24) is 10.2 Å². The Morgan fingerprint density at radius 1 is 1.21 bits per heavy atom. The van der Waals surface area contributed by atoms with E-state index in [9.17, 15) is 14.7 Å². The van der Waals surface area contributed by atoms with E-state index in [0.717, 1.165) is 12.8 Å². The molecule has 1 rings (SSSR count). The zero-order valence-corrected chi connectivity index (χ0v) is 12.5. The molecule has 0 bridgehead atoms. The van der Waals surface area contributed by atoms with E-state index in [1.165, 1.54) is 4.90 Å². The zero-order valence-electron chi connectivity index (χ0n) is 12.5. The second kappa shape index (κ2) is 5.90. The Balaban J connectivity index is 2.81. The van der Waals surface area contributed by atoms with Gasteiger partial charge in [0.25, 0.3) is 5.91 Å². The molecule has 5 nitrogen and oxygen atoms in total. The Labute approximate surface area is 115 Å². The first-order chi connectivity index (χ1) is 8.75. The number of carbonyl (C=O) groups is 2. The molecule has 0 aromatic heterocycles. The Morgan fingerprint density at radius 3 is 2.16 bits per heavy atom. The van der Waals surface area contributed by atoms with Crippen LogP contribution in [0.25, 0.3) is 0 Å². The lowest BCUT2D eigenvalue weighted by molar-refractivity contribution is -0.132. The van der Waals surface area contributed by atoms with Gasteiger partial charge in [-0.05, 0) is 33.1 Å². The average Bonchev–Trinajstić information content (AvgIpc) is 2.49. The minimum atomic E-state index is -0.874. The van der Waals surface area contributed by atoms with Gasteiger partial charge in [0.15, 0.2) is 0 Å². The number of hydrogen-bond acceptors (Lipinski definition) is 3. The number of amides is 3. The Bertz CT molecular complexity index is 341. The predicted octanol–water partition coefficient (Wildman–Crippen LogP) is 2.04. The molecule has 1 heterocycles. The number of imide groups is 1. The van der Waals surface area contributed by atoms with Gasteiger partial charge in [0, 0.05) is 6.54 Å². The van der Waals surface area contributed by atoms with E-state index < -0.39 is 11.1 Å². The van der Waals surface area contributed by atoms with Gasteiger partial charge in [-0.25, -0.2) is 4.79 Å². The molecule has 0 saturated carbocycles. The van der Waals surface area contributed by atoms with Gasteiger partial charge in [-0.15, -0.1) is 0 Å². The monoisotopic (exact) mass is 270 g/mol. The van der Waals surface area contributed by atoms with Crippen LogP contribution in [-0.4, -0.2) is 39.6 Å². The smallest absolute Gasteiger partial charge is 0.325 e. The Morgan fingerprint density at radius 2 is 1.74 bits per heavy atom. The number of hydrogen-bond donors (Lipinski definition) is 2. The van der Waals surface area contributed by atoms with Gasteiger partial charge in [0.05, 0.1) is 5.60 Å². The van der Waals surface area contributed by atoms with Gasteiger partial charge in [-0.3, -0.25) is 9.69 Å². The van der Waals surface area contributed by atoms with E-state index in [-0.39, 0.29) is 18.5 Å². The third-order valence-corrected chi connectivity index (χ3v) is 3.55. The van der Waals surface area contributed by atoms with Crippen molar-refractivity contribution in [2.24, 2.45) is 0 Å². The molecule has 1 saturated heterocycles. The summed E-state index contributed by atoms with van der Waals surface area (Å²) in [4.78, 5) is 25.7. The fourth-order valence-electron chi connectivity index (χ4n) is 2.58. The first kappa shape index (κ1) is 16.0. The van der Waals surface area contributed by atoms with Crippen molar-refractivity contribution >= 4 is 11.9 Å². The summed E-state index contributed by atoms with van der Waals surface area (Å²) in [6.45, 7) is 7.64. The van der Waals surface area contributed by atoms with Crippen molar-refractivity contribution in [1.29, 1.82) is 0 Å². The van der Waals surface area contributed by atoms with Crippen LogP contribution in [0.3, 0.4) is 0 Å². The molecule has 5 heteroatoms. The molecule has 0 atom stereocenters. The lowest BCUT2D eigenvalue weighted by Crippen LogP contribution is -2.47. The summed E-state index contributed by atoms with van der Waals surface area (Å²) in [6.07, 6.45) is 3.44. The zero-order chi connectivity index (χ0) is 14.7. The average molecular weight is 270 g/mol.